The van der Waals surface area contributed by atoms with E-state index in [-0.39, 0.29) is 0 Å². The fourth-order valence-electron chi connectivity index (χ4n) is 1.70. The van der Waals surface area contributed by atoms with E-state index in [0.717, 1.165) is 17.5 Å². The van der Waals surface area contributed by atoms with Gasteiger partial charge in [-0.2, -0.15) is 0 Å². The summed E-state index contributed by atoms with van der Waals surface area (Å²) in [5.74, 6) is 9.75. The first kappa shape index (κ1) is 16.6. The molecule has 0 aromatic heterocycles. The fraction of sp³-hybridized carbons (Fsp3) is 0.474. The van der Waals surface area contributed by atoms with Gasteiger partial charge in [0, 0.05) is 17.5 Å². The minimum absolute atomic E-state index is 1.01. The highest BCUT2D eigenvalue weighted by atomic mass is 28.3. The van der Waals surface area contributed by atoms with Crippen molar-refractivity contribution in [2.75, 3.05) is 0 Å². The zero-order chi connectivity index (χ0) is 14.8. The summed E-state index contributed by atoms with van der Waals surface area (Å²) in [6.07, 6.45) is 6.15. The van der Waals surface area contributed by atoms with Crippen molar-refractivity contribution in [2.45, 2.75) is 58.7 Å². The number of benzene rings is 1. The topological polar surface area (TPSA) is 0 Å². The van der Waals surface area contributed by atoms with Gasteiger partial charge in [0.15, 0.2) is 0 Å². The standard InChI is InChI=1S/C19H26Si/c1-5-6-7-8-9-10-11-18-12-14-19(15-13-18)16-17-20(2,3)4/h12-15H,5-9H2,1-4H3. The number of unbranched alkanes of at least 4 members (excludes halogenated alkanes) is 4. The molecule has 1 aromatic carbocycles. The Morgan fingerprint density at radius 1 is 0.850 bits per heavy atom. The zero-order valence-electron chi connectivity index (χ0n) is 13.3. The van der Waals surface area contributed by atoms with Crippen molar-refractivity contribution in [3.05, 3.63) is 35.4 Å². The Kier molecular flexibility index (Phi) is 7.20. The van der Waals surface area contributed by atoms with Gasteiger partial charge >= 0.3 is 0 Å². The van der Waals surface area contributed by atoms with E-state index in [1.807, 2.05) is 0 Å². The molecule has 0 nitrogen and oxygen atoms in total. The SMILES string of the molecule is CCCCCCC#Cc1ccc(C#C[Si](C)(C)C)cc1. The zero-order valence-corrected chi connectivity index (χ0v) is 14.3. The van der Waals surface area contributed by atoms with Crippen LogP contribution in [0.2, 0.25) is 19.6 Å². The molecule has 0 fully saturated rings. The van der Waals surface area contributed by atoms with E-state index in [1.54, 1.807) is 0 Å². The average Bonchev–Trinajstić information content (AvgIpc) is 2.41. The van der Waals surface area contributed by atoms with Crippen molar-refractivity contribution in [2.24, 2.45) is 0 Å². The van der Waals surface area contributed by atoms with Crippen LogP contribution in [0.15, 0.2) is 24.3 Å². The van der Waals surface area contributed by atoms with E-state index in [9.17, 15) is 0 Å². The smallest absolute Gasteiger partial charge is 0.127 e. The lowest BCUT2D eigenvalue weighted by Gasteiger charge is -2.03. The Morgan fingerprint density at radius 2 is 1.45 bits per heavy atom. The number of hydrogen-bond acceptors (Lipinski definition) is 0. The van der Waals surface area contributed by atoms with Crippen LogP contribution >= 0.6 is 0 Å². The molecule has 20 heavy (non-hydrogen) atoms. The first-order valence-electron chi connectivity index (χ1n) is 7.63. The summed E-state index contributed by atoms with van der Waals surface area (Å²) in [6.45, 7) is 9.02. The molecule has 0 saturated heterocycles. The maximum absolute atomic E-state index is 3.38. The number of hydrogen-bond donors (Lipinski definition) is 0. The molecule has 106 valence electrons. The summed E-state index contributed by atoms with van der Waals surface area (Å²) >= 11 is 0. The summed E-state index contributed by atoms with van der Waals surface area (Å²) in [5, 5.41) is 0. The lowest BCUT2D eigenvalue weighted by atomic mass is 10.1. The van der Waals surface area contributed by atoms with Gasteiger partial charge in [0.1, 0.15) is 8.07 Å². The van der Waals surface area contributed by atoms with Crippen LogP contribution < -0.4 is 0 Å². The van der Waals surface area contributed by atoms with Gasteiger partial charge in [-0.05, 0) is 30.7 Å². The van der Waals surface area contributed by atoms with Crippen molar-refractivity contribution in [1.29, 1.82) is 0 Å². The van der Waals surface area contributed by atoms with Crippen molar-refractivity contribution in [3.63, 3.8) is 0 Å². The highest BCUT2D eigenvalue weighted by molar-refractivity contribution is 6.83. The number of rotatable bonds is 4. The molecule has 0 spiro atoms. The van der Waals surface area contributed by atoms with Crippen molar-refractivity contribution in [3.8, 4) is 23.3 Å². The third-order valence-corrected chi connectivity index (χ3v) is 3.73. The predicted octanol–water partition coefficient (Wildman–Crippen LogP) is 5.24. The molecule has 0 amide bonds. The molecular weight excluding hydrogens is 256 g/mol. The van der Waals surface area contributed by atoms with Crippen LogP contribution in [0, 0.1) is 23.3 Å². The third-order valence-electron chi connectivity index (χ3n) is 2.85. The van der Waals surface area contributed by atoms with E-state index in [4.69, 9.17) is 0 Å². The molecule has 0 aliphatic heterocycles. The summed E-state index contributed by atoms with van der Waals surface area (Å²) in [7, 11) is -1.28. The quantitative estimate of drug-likeness (QED) is 0.402. The average molecular weight is 283 g/mol. The Bertz CT molecular complexity index is 509. The maximum atomic E-state index is 3.38. The van der Waals surface area contributed by atoms with Gasteiger partial charge in [-0.25, -0.2) is 0 Å². The molecule has 0 N–H and O–H groups in total. The maximum Gasteiger partial charge on any atom is 0.129 e. The molecule has 1 aromatic rings. The first-order valence-corrected chi connectivity index (χ1v) is 11.1. The van der Waals surface area contributed by atoms with E-state index in [0.29, 0.717) is 0 Å². The van der Waals surface area contributed by atoms with Gasteiger partial charge < -0.3 is 0 Å². The lowest BCUT2D eigenvalue weighted by molar-refractivity contribution is 0.679. The second-order valence-corrected chi connectivity index (χ2v) is 10.9. The molecule has 0 aliphatic carbocycles. The Balaban J connectivity index is 2.50. The largest absolute Gasteiger partial charge is 0.129 e. The normalized spacial score (nSPS) is 10.2. The molecule has 0 aliphatic rings. The fourth-order valence-corrected chi connectivity index (χ4v) is 2.22. The Morgan fingerprint density at radius 3 is 2.00 bits per heavy atom. The molecule has 1 rings (SSSR count). The van der Waals surface area contributed by atoms with Gasteiger partial charge in [-0.15, -0.1) is 5.54 Å². The second-order valence-electron chi connectivity index (χ2n) is 6.19. The predicted molar refractivity (Wildman–Crippen MR) is 92.3 cm³/mol. The van der Waals surface area contributed by atoms with Crippen molar-refractivity contribution >= 4 is 8.07 Å². The molecular formula is C19H26Si. The second kappa shape index (κ2) is 8.67. The van der Waals surface area contributed by atoms with Gasteiger partial charge in [0.05, 0.1) is 0 Å². The highest BCUT2D eigenvalue weighted by Gasteiger charge is 2.07. The molecule has 1 heteroatoms. The summed E-state index contributed by atoms with van der Waals surface area (Å²) in [6, 6.07) is 8.31. The summed E-state index contributed by atoms with van der Waals surface area (Å²) < 4.78 is 0. The monoisotopic (exact) mass is 282 g/mol. The summed E-state index contributed by atoms with van der Waals surface area (Å²) in [5.41, 5.74) is 5.58. The highest BCUT2D eigenvalue weighted by Crippen LogP contribution is 2.05. The molecule has 0 unspecified atom stereocenters. The van der Waals surface area contributed by atoms with E-state index < -0.39 is 8.07 Å². The van der Waals surface area contributed by atoms with Crippen LogP contribution in [-0.2, 0) is 0 Å². The molecule has 0 saturated carbocycles. The van der Waals surface area contributed by atoms with E-state index in [1.165, 1.54) is 25.7 Å². The van der Waals surface area contributed by atoms with Crippen LogP contribution in [0.4, 0.5) is 0 Å². The lowest BCUT2D eigenvalue weighted by Crippen LogP contribution is -2.16. The van der Waals surface area contributed by atoms with Crippen LogP contribution in [0.3, 0.4) is 0 Å². The van der Waals surface area contributed by atoms with Crippen LogP contribution in [0.1, 0.15) is 50.2 Å². The van der Waals surface area contributed by atoms with Gasteiger partial charge in [0.2, 0.25) is 0 Å². The van der Waals surface area contributed by atoms with Crippen LogP contribution in [0.25, 0.3) is 0 Å². The van der Waals surface area contributed by atoms with Crippen molar-refractivity contribution < 1.29 is 0 Å². The van der Waals surface area contributed by atoms with E-state index >= 15 is 0 Å². The third kappa shape index (κ3) is 7.88. The van der Waals surface area contributed by atoms with Gasteiger partial charge in [-0.3, -0.25) is 0 Å². The van der Waals surface area contributed by atoms with Crippen molar-refractivity contribution in [1.82, 2.24) is 0 Å². The molecule has 0 heterocycles. The molecule has 0 bridgehead atoms. The minimum atomic E-state index is -1.28. The Labute approximate surface area is 126 Å². The summed E-state index contributed by atoms with van der Waals surface area (Å²) in [4.78, 5) is 0. The first-order chi connectivity index (χ1) is 9.51. The van der Waals surface area contributed by atoms with Gasteiger partial charge in [-0.1, -0.05) is 63.6 Å². The van der Waals surface area contributed by atoms with Crippen LogP contribution in [0.5, 0.6) is 0 Å². The Hall–Kier alpha value is -1.44. The van der Waals surface area contributed by atoms with Gasteiger partial charge in [0.25, 0.3) is 0 Å². The minimum Gasteiger partial charge on any atom is -0.127 e. The molecule has 0 atom stereocenters. The van der Waals surface area contributed by atoms with Crippen LogP contribution in [-0.4, -0.2) is 8.07 Å². The molecule has 0 radical (unpaired) electrons. The van der Waals surface area contributed by atoms with E-state index in [2.05, 4.69) is 74.1 Å².